The molecule has 33 heavy (non-hydrogen) atoms. The molecule has 0 saturated heterocycles. The fourth-order valence-electron chi connectivity index (χ4n) is 3.74. The van der Waals surface area contributed by atoms with Gasteiger partial charge in [0.1, 0.15) is 5.75 Å². The topological polar surface area (TPSA) is 75.7 Å². The van der Waals surface area contributed by atoms with Gasteiger partial charge in [-0.15, -0.1) is 0 Å². The summed E-state index contributed by atoms with van der Waals surface area (Å²) in [5.41, 5.74) is 4.75. The van der Waals surface area contributed by atoms with Gasteiger partial charge < -0.3 is 10.1 Å². The van der Waals surface area contributed by atoms with E-state index >= 15 is 0 Å². The lowest BCUT2D eigenvalue weighted by Gasteiger charge is -2.26. The molecule has 1 atom stereocenters. The zero-order valence-corrected chi connectivity index (χ0v) is 20.4. The summed E-state index contributed by atoms with van der Waals surface area (Å²) in [7, 11) is -1.88. The Morgan fingerprint density at radius 1 is 0.970 bits per heavy atom. The number of rotatable bonds is 8. The standard InChI is InChI=1S/C26H30N2O4S/c1-18-7-6-8-19(2)25(18)28(33(5,30)31)17-21-9-11-23(12-10-21)26(29)27-20(3)22-13-15-24(32-4)16-14-22/h6-16,20H,17H2,1-5H3,(H,27,29)/t20-/m1/s1. The summed E-state index contributed by atoms with van der Waals surface area (Å²) >= 11 is 0. The number of amides is 1. The highest BCUT2D eigenvalue weighted by atomic mass is 32.2. The second-order valence-electron chi connectivity index (χ2n) is 8.18. The SMILES string of the molecule is COc1ccc([C@@H](C)NC(=O)c2ccc(CN(c3c(C)cccc3C)S(C)(=O)=O)cc2)cc1. The van der Waals surface area contributed by atoms with Crippen LogP contribution in [0, 0.1) is 13.8 Å². The Morgan fingerprint density at radius 2 is 1.55 bits per heavy atom. The molecule has 7 heteroatoms. The number of aryl methyl sites for hydroxylation is 2. The van der Waals surface area contributed by atoms with Crippen molar-refractivity contribution >= 4 is 21.6 Å². The Bertz CT molecular complexity index is 1200. The maximum Gasteiger partial charge on any atom is 0.251 e. The molecular weight excluding hydrogens is 436 g/mol. The normalized spacial score (nSPS) is 12.2. The molecule has 3 aromatic carbocycles. The zero-order valence-electron chi connectivity index (χ0n) is 19.6. The molecule has 0 fully saturated rings. The first kappa shape index (κ1) is 24.3. The van der Waals surface area contributed by atoms with E-state index in [4.69, 9.17) is 4.74 Å². The van der Waals surface area contributed by atoms with Crippen molar-refractivity contribution in [3.63, 3.8) is 0 Å². The molecule has 6 nitrogen and oxygen atoms in total. The third kappa shape index (κ3) is 5.93. The van der Waals surface area contributed by atoms with Crippen molar-refractivity contribution in [3.8, 4) is 5.75 Å². The van der Waals surface area contributed by atoms with Gasteiger partial charge in [0.2, 0.25) is 10.0 Å². The van der Waals surface area contributed by atoms with Crippen LogP contribution in [0.4, 0.5) is 5.69 Å². The number of nitrogens with zero attached hydrogens (tertiary/aromatic N) is 1. The van der Waals surface area contributed by atoms with Crippen LogP contribution in [-0.2, 0) is 16.6 Å². The van der Waals surface area contributed by atoms with E-state index < -0.39 is 10.0 Å². The minimum Gasteiger partial charge on any atom is -0.497 e. The van der Waals surface area contributed by atoms with Gasteiger partial charge in [0.15, 0.2) is 0 Å². The number of anilines is 1. The monoisotopic (exact) mass is 466 g/mol. The molecule has 1 N–H and O–H groups in total. The second-order valence-corrected chi connectivity index (χ2v) is 10.1. The lowest BCUT2D eigenvalue weighted by atomic mass is 10.1. The van der Waals surface area contributed by atoms with Gasteiger partial charge in [-0.3, -0.25) is 9.10 Å². The highest BCUT2D eigenvalue weighted by Crippen LogP contribution is 2.28. The molecule has 0 heterocycles. The number of carbonyl (C=O) groups excluding carboxylic acids is 1. The average Bonchev–Trinajstić information content (AvgIpc) is 2.78. The average molecular weight is 467 g/mol. The van der Waals surface area contributed by atoms with E-state index in [0.29, 0.717) is 11.3 Å². The molecule has 0 aromatic heterocycles. The first-order valence-electron chi connectivity index (χ1n) is 10.7. The number of hydrogen-bond donors (Lipinski definition) is 1. The summed E-state index contributed by atoms with van der Waals surface area (Å²) in [6.07, 6.45) is 1.21. The van der Waals surface area contributed by atoms with Gasteiger partial charge in [0.25, 0.3) is 5.91 Å². The van der Waals surface area contributed by atoms with Crippen LogP contribution < -0.4 is 14.4 Å². The molecule has 0 spiro atoms. The van der Waals surface area contributed by atoms with Gasteiger partial charge >= 0.3 is 0 Å². The Morgan fingerprint density at radius 3 is 2.06 bits per heavy atom. The minimum absolute atomic E-state index is 0.173. The van der Waals surface area contributed by atoms with Crippen molar-refractivity contribution < 1.29 is 17.9 Å². The van der Waals surface area contributed by atoms with E-state index in [1.165, 1.54) is 10.6 Å². The summed E-state index contributed by atoms with van der Waals surface area (Å²) in [5, 5.41) is 2.99. The predicted octanol–water partition coefficient (Wildman–Crippen LogP) is 4.77. The van der Waals surface area contributed by atoms with Crippen LogP contribution in [0.1, 0.15) is 45.6 Å². The number of nitrogens with one attached hydrogen (secondary N) is 1. The molecule has 0 saturated carbocycles. The summed E-state index contributed by atoms with van der Waals surface area (Å²) in [6.45, 7) is 5.91. The van der Waals surface area contributed by atoms with Crippen molar-refractivity contribution in [3.05, 3.63) is 94.5 Å². The van der Waals surface area contributed by atoms with Crippen LogP contribution in [0.2, 0.25) is 0 Å². The van der Waals surface area contributed by atoms with Crippen molar-refractivity contribution in [2.24, 2.45) is 0 Å². The quantitative estimate of drug-likeness (QED) is 0.519. The molecule has 0 unspecified atom stereocenters. The molecule has 0 aliphatic rings. The van der Waals surface area contributed by atoms with E-state index in [1.807, 2.05) is 63.2 Å². The Balaban J connectivity index is 1.75. The number of sulfonamides is 1. The van der Waals surface area contributed by atoms with Crippen molar-refractivity contribution in [1.29, 1.82) is 0 Å². The molecular formula is C26H30N2O4S. The highest BCUT2D eigenvalue weighted by molar-refractivity contribution is 7.92. The molecule has 0 radical (unpaired) electrons. The van der Waals surface area contributed by atoms with Crippen LogP contribution in [0.15, 0.2) is 66.7 Å². The molecule has 1 amide bonds. The number of carbonyl (C=O) groups is 1. The van der Waals surface area contributed by atoms with Gasteiger partial charge in [-0.1, -0.05) is 42.5 Å². The Kier molecular flexibility index (Phi) is 7.43. The van der Waals surface area contributed by atoms with Gasteiger partial charge in [0, 0.05) is 5.56 Å². The largest absolute Gasteiger partial charge is 0.497 e. The molecule has 174 valence electrons. The lowest BCUT2D eigenvalue weighted by Crippen LogP contribution is -2.30. The number of methoxy groups -OCH3 is 1. The zero-order chi connectivity index (χ0) is 24.2. The summed E-state index contributed by atoms with van der Waals surface area (Å²) < 4.78 is 31.7. The number of para-hydroxylation sites is 1. The van der Waals surface area contributed by atoms with Gasteiger partial charge in [-0.05, 0) is 67.3 Å². The third-order valence-electron chi connectivity index (χ3n) is 5.59. The number of benzene rings is 3. The minimum atomic E-state index is -3.49. The molecule has 0 aliphatic heterocycles. The smallest absolute Gasteiger partial charge is 0.251 e. The van der Waals surface area contributed by atoms with Crippen molar-refractivity contribution in [2.45, 2.75) is 33.4 Å². The van der Waals surface area contributed by atoms with E-state index in [9.17, 15) is 13.2 Å². The van der Waals surface area contributed by atoms with Gasteiger partial charge in [-0.2, -0.15) is 0 Å². The van der Waals surface area contributed by atoms with Crippen LogP contribution in [0.5, 0.6) is 5.75 Å². The maximum atomic E-state index is 12.7. The second kappa shape index (κ2) is 10.1. The predicted molar refractivity (Wildman–Crippen MR) is 132 cm³/mol. The van der Waals surface area contributed by atoms with Crippen LogP contribution in [0.3, 0.4) is 0 Å². The Labute approximate surface area is 196 Å². The van der Waals surface area contributed by atoms with E-state index in [2.05, 4.69) is 5.32 Å². The summed E-state index contributed by atoms with van der Waals surface area (Å²) in [5.74, 6) is 0.566. The van der Waals surface area contributed by atoms with Crippen LogP contribution in [-0.4, -0.2) is 27.7 Å². The number of ether oxygens (including phenoxy) is 1. The Hall–Kier alpha value is -3.32. The third-order valence-corrected chi connectivity index (χ3v) is 6.71. The first-order chi connectivity index (χ1) is 15.6. The first-order valence-corrected chi connectivity index (χ1v) is 12.5. The van der Waals surface area contributed by atoms with E-state index in [1.54, 1.807) is 31.4 Å². The van der Waals surface area contributed by atoms with Gasteiger partial charge in [-0.25, -0.2) is 8.42 Å². The fraction of sp³-hybridized carbons (Fsp3) is 0.269. The number of hydrogen-bond acceptors (Lipinski definition) is 4. The summed E-state index contributed by atoms with van der Waals surface area (Å²) in [4.78, 5) is 12.7. The maximum absolute atomic E-state index is 12.7. The molecule has 3 aromatic rings. The van der Waals surface area contributed by atoms with Gasteiger partial charge in [0.05, 0.1) is 31.6 Å². The van der Waals surface area contributed by atoms with Crippen LogP contribution >= 0.6 is 0 Å². The lowest BCUT2D eigenvalue weighted by molar-refractivity contribution is 0.0940. The van der Waals surface area contributed by atoms with Crippen LogP contribution in [0.25, 0.3) is 0 Å². The molecule has 0 bridgehead atoms. The fourth-order valence-corrected chi connectivity index (χ4v) is 4.75. The van der Waals surface area contributed by atoms with E-state index in [-0.39, 0.29) is 18.5 Å². The summed E-state index contributed by atoms with van der Waals surface area (Å²) in [6, 6.07) is 20.1. The molecule has 3 rings (SSSR count). The highest BCUT2D eigenvalue weighted by Gasteiger charge is 2.21. The molecule has 0 aliphatic carbocycles. The van der Waals surface area contributed by atoms with E-state index in [0.717, 1.165) is 28.0 Å². The van der Waals surface area contributed by atoms with Crippen molar-refractivity contribution in [1.82, 2.24) is 5.32 Å². The van der Waals surface area contributed by atoms with Crippen molar-refractivity contribution in [2.75, 3.05) is 17.7 Å².